The van der Waals surface area contributed by atoms with Crippen molar-refractivity contribution in [3.63, 3.8) is 0 Å². The Morgan fingerprint density at radius 1 is 1.38 bits per heavy atom. The normalized spacial score (nSPS) is 18.8. The highest BCUT2D eigenvalue weighted by Crippen LogP contribution is 2.02. The van der Waals surface area contributed by atoms with Crippen LogP contribution < -0.4 is 5.73 Å². The Bertz CT molecular complexity index is 167. The predicted molar refractivity (Wildman–Crippen MR) is 49.5 cm³/mol. The summed E-state index contributed by atoms with van der Waals surface area (Å²) in [6.45, 7) is 4.87. The van der Waals surface area contributed by atoms with Crippen LogP contribution in [0.2, 0.25) is 0 Å². The number of hydrogen-bond donors (Lipinski definition) is 1. The number of ether oxygens (including phenoxy) is 1. The molecule has 1 heterocycles. The summed E-state index contributed by atoms with van der Waals surface area (Å²) in [7, 11) is 1.41. The molecule has 0 unspecified atom stereocenters. The van der Waals surface area contributed by atoms with Crippen molar-refractivity contribution in [3.8, 4) is 0 Å². The quantitative estimate of drug-likeness (QED) is 0.623. The van der Waals surface area contributed by atoms with E-state index >= 15 is 0 Å². The maximum atomic E-state index is 11.1. The van der Waals surface area contributed by atoms with Crippen molar-refractivity contribution >= 4 is 6.09 Å². The van der Waals surface area contributed by atoms with Crippen molar-refractivity contribution in [1.82, 2.24) is 9.80 Å². The average molecular weight is 187 g/mol. The Labute approximate surface area is 78.4 Å². The minimum atomic E-state index is -0.229. The molecule has 5 nitrogen and oxygen atoms in total. The lowest BCUT2D eigenvalue weighted by molar-refractivity contribution is 0.0920. The molecule has 1 rings (SSSR count). The van der Waals surface area contributed by atoms with Gasteiger partial charge in [0, 0.05) is 39.3 Å². The second-order valence-corrected chi connectivity index (χ2v) is 3.09. The van der Waals surface area contributed by atoms with Crippen molar-refractivity contribution in [2.75, 3.05) is 46.4 Å². The van der Waals surface area contributed by atoms with Crippen molar-refractivity contribution in [3.05, 3.63) is 0 Å². The molecule has 1 saturated heterocycles. The molecule has 0 bridgehead atoms. The first-order valence-electron chi connectivity index (χ1n) is 4.53. The van der Waals surface area contributed by atoms with Crippen molar-refractivity contribution in [2.45, 2.75) is 0 Å². The monoisotopic (exact) mass is 187 g/mol. The summed E-state index contributed by atoms with van der Waals surface area (Å²) >= 11 is 0. The zero-order valence-corrected chi connectivity index (χ0v) is 8.03. The Morgan fingerprint density at radius 3 is 2.46 bits per heavy atom. The Hall–Kier alpha value is -0.810. The van der Waals surface area contributed by atoms with Gasteiger partial charge in [-0.2, -0.15) is 0 Å². The van der Waals surface area contributed by atoms with Gasteiger partial charge in [-0.05, 0) is 0 Å². The first kappa shape index (κ1) is 10.3. The van der Waals surface area contributed by atoms with E-state index in [-0.39, 0.29) is 6.09 Å². The van der Waals surface area contributed by atoms with Crippen molar-refractivity contribution < 1.29 is 9.53 Å². The van der Waals surface area contributed by atoms with E-state index in [9.17, 15) is 4.79 Å². The third-order valence-corrected chi connectivity index (χ3v) is 2.25. The SMILES string of the molecule is COC(=O)N1CCN(CCN)CC1. The number of carbonyl (C=O) groups is 1. The highest BCUT2D eigenvalue weighted by Gasteiger charge is 2.20. The van der Waals surface area contributed by atoms with Crippen molar-refractivity contribution in [2.24, 2.45) is 5.73 Å². The van der Waals surface area contributed by atoms with Gasteiger partial charge in [-0.15, -0.1) is 0 Å². The number of nitrogens with two attached hydrogens (primary N) is 1. The highest BCUT2D eigenvalue weighted by atomic mass is 16.5. The van der Waals surface area contributed by atoms with Crippen LogP contribution >= 0.6 is 0 Å². The molecule has 1 fully saturated rings. The van der Waals surface area contributed by atoms with E-state index in [0.717, 1.165) is 32.7 Å². The van der Waals surface area contributed by atoms with Gasteiger partial charge in [0.05, 0.1) is 7.11 Å². The van der Waals surface area contributed by atoms with Gasteiger partial charge in [0.15, 0.2) is 0 Å². The van der Waals surface area contributed by atoms with Crippen LogP contribution in [-0.4, -0.2) is 62.3 Å². The molecule has 13 heavy (non-hydrogen) atoms. The van der Waals surface area contributed by atoms with Crippen LogP contribution in [0.1, 0.15) is 0 Å². The zero-order chi connectivity index (χ0) is 9.68. The fourth-order valence-corrected chi connectivity index (χ4v) is 1.47. The summed E-state index contributed by atoms with van der Waals surface area (Å²) in [5.74, 6) is 0. The number of methoxy groups -OCH3 is 1. The van der Waals surface area contributed by atoms with Crippen LogP contribution in [-0.2, 0) is 4.74 Å². The summed E-state index contributed by atoms with van der Waals surface area (Å²) in [5.41, 5.74) is 5.43. The molecule has 0 aromatic heterocycles. The summed E-state index contributed by atoms with van der Waals surface area (Å²) in [4.78, 5) is 15.1. The molecule has 0 spiro atoms. The Balaban J connectivity index is 2.26. The van der Waals surface area contributed by atoms with Gasteiger partial charge in [-0.3, -0.25) is 4.90 Å². The van der Waals surface area contributed by atoms with E-state index in [1.165, 1.54) is 7.11 Å². The van der Waals surface area contributed by atoms with Gasteiger partial charge < -0.3 is 15.4 Å². The summed E-state index contributed by atoms with van der Waals surface area (Å²) < 4.78 is 4.63. The molecule has 76 valence electrons. The Morgan fingerprint density at radius 2 is 2.00 bits per heavy atom. The molecule has 1 aliphatic rings. The summed E-state index contributed by atoms with van der Waals surface area (Å²) in [6, 6.07) is 0. The van der Waals surface area contributed by atoms with E-state index in [2.05, 4.69) is 9.64 Å². The second kappa shape index (κ2) is 5.04. The third-order valence-electron chi connectivity index (χ3n) is 2.25. The van der Waals surface area contributed by atoms with Crippen LogP contribution in [0.15, 0.2) is 0 Å². The Kier molecular flexibility index (Phi) is 3.98. The molecule has 0 radical (unpaired) electrons. The predicted octanol–water partition coefficient (Wildman–Crippen LogP) is -0.671. The zero-order valence-electron chi connectivity index (χ0n) is 8.03. The lowest BCUT2D eigenvalue weighted by Crippen LogP contribution is -2.49. The summed E-state index contributed by atoms with van der Waals surface area (Å²) in [5, 5.41) is 0. The van der Waals surface area contributed by atoms with Gasteiger partial charge in [-0.25, -0.2) is 4.79 Å². The number of amides is 1. The summed E-state index contributed by atoms with van der Waals surface area (Å²) in [6.07, 6.45) is -0.229. The highest BCUT2D eigenvalue weighted by molar-refractivity contribution is 5.67. The number of hydrogen-bond acceptors (Lipinski definition) is 4. The molecular formula is C8H17N3O2. The van der Waals surface area contributed by atoms with E-state index in [1.54, 1.807) is 4.90 Å². The molecule has 0 aromatic rings. The fraction of sp³-hybridized carbons (Fsp3) is 0.875. The van der Waals surface area contributed by atoms with Crippen LogP contribution in [0.25, 0.3) is 0 Å². The van der Waals surface area contributed by atoms with Crippen LogP contribution in [0.4, 0.5) is 4.79 Å². The minimum Gasteiger partial charge on any atom is -0.453 e. The van der Waals surface area contributed by atoms with Gasteiger partial charge in [0.2, 0.25) is 0 Å². The maximum absolute atomic E-state index is 11.1. The first-order valence-corrected chi connectivity index (χ1v) is 4.53. The molecule has 1 amide bonds. The largest absolute Gasteiger partial charge is 0.453 e. The second-order valence-electron chi connectivity index (χ2n) is 3.09. The molecule has 1 aliphatic heterocycles. The van der Waals surface area contributed by atoms with Crippen LogP contribution in [0.3, 0.4) is 0 Å². The molecule has 5 heteroatoms. The van der Waals surface area contributed by atoms with Gasteiger partial charge in [0.1, 0.15) is 0 Å². The van der Waals surface area contributed by atoms with Crippen molar-refractivity contribution in [1.29, 1.82) is 0 Å². The molecule has 0 aromatic carbocycles. The number of rotatable bonds is 2. The number of piperazine rings is 1. The lowest BCUT2D eigenvalue weighted by atomic mass is 10.3. The average Bonchev–Trinajstić information content (AvgIpc) is 2.18. The van der Waals surface area contributed by atoms with Gasteiger partial charge in [-0.1, -0.05) is 0 Å². The van der Waals surface area contributed by atoms with E-state index in [0.29, 0.717) is 6.54 Å². The molecule has 0 saturated carbocycles. The molecule has 2 N–H and O–H groups in total. The first-order chi connectivity index (χ1) is 6.27. The smallest absolute Gasteiger partial charge is 0.409 e. The van der Waals surface area contributed by atoms with Crippen LogP contribution in [0, 0.1) is 0 Å². The number of carbonyl (C=O) groups excluding carboxylic acids is 1. The van der Waals surface area contributed by atoms with Crippen LogP contribution in [0.5, 0.6) is 0 Å². The standard InChI is InChI=1S/C8H17N3O2/c1-13-8(12)11-6-4-10(3-2-9)5-7-11/h2-7,9H2,1H3. The lowest BCUT2D eigenvalue weighted by Gasteiger charge is -2.33. The maximum Gasteiger partial charge on any atom is 0.409 e. The molecule has 0 atom stereocenters. The molecular weight excluding hydrogens is 170 g/mol. The topological polar surface area (TPSA) is 58.8 Å². The van der Waals surface area contributed by atoms with Gasteiger partial charge in [0.25, 0.3) is 0 Å². The minimum absolute atomic E-state index is 0.229. The van der Waals surface area contributed by atoms with E-state index < -0.39 is 0 Å². The van der Waals surface area contributed by atoms with E-state index in [4.69, 9.17) is 5.73 Å². The van der Waals surface area contributed by atoms with E-state index in [1.807, 2.05) is 0 Å². The third kappa shape index (κ3) is 2.86. The fourth-order valence-electron chi connectivity index (χ4n) is 1.47. The van der Waals surface area contributed by atoms with Gasteiger partial charge >= 0.3 is 6.09 Å². The molecule has 0 aliphatic carbocycles. The number of nitrogens with zero attached hydrogens (tertiary/aromatic N) is 2.